The average molecular weight is 500 g/mol. The third kappa shape index (κ3) is 6.22. The van der Waals surface area contributed by atoms with Gasteiger partial charge in [0.05, 0.1) is 0 Å². The van der Waals surface area contributed by atoms with Crippen LogP contribution in [0.2, 0.25) is 0 Å². The zero-order chi connectivity index (χ0) is 26.8. The number of hydrogen-bond donors (Lipinski definition) is 0. The van der Waals surface area contributed by atoms with Gasteiger partial charge in [0.25, 0.3) is 0 Å². The van der Waals surface area contributed by atoms with Gasteiger partial charge in [-0.1, -0.05) is 106 Å². The van der Waals surface area contributed by atoms with E-state index in [4.69, 9.17) is 9.47 Å². The SMILES string of the molecule is CC(C)(C)OC(=O)N1C(Cc2cccc(C(C)(C)C)c2)C(=O)OC(c2ccccc2)C1c1ccccc1. The predicted octanol–water partition coefficient (Wildman–Crippen LogP) is 7.17. The standard InChI is InChI=1S/C32H37NO4/c1-31(2,3)25-19-13-14-22(20-25)21-26-29(34)36-28(24-17-11-8-12-18-24)27(23-15-9-7-10-16-23)33(26)30(35)37-32(4,5)6/h7-20,26-28H,21H2,1-6H3. The van der Waals surface area contributed by atoms with Crippen molar-refractivity contribution < 1.29 is 19.1 Å². The molecule has 0 aromatic heterocycles. The number of amides is 1. The summed E-state index contributed by atoms with van der Waals surface area (Å²) in [5.41, 5.74) is 3.07. The van der Waals surface area contributed by atoms with Gasteiger partial charge in [-0.05, 0) is 48.4 Å². The fourth-order valence-electron chi connectivity index (χ4n) is 4.73. The molecule has 194 valence electrons. The summed E-state index contributed by atoms with van der Waals surface area (Å²) in [5.74, 6) is -0.437. The van der Waals surface area contributed by atoms with E-state index >= 15 is 0 Å². The normalized spacial score (nSPS) is 20.3. The Morgan fingerprint density at radius 1 is 0.838 bits per heavy atom. The van der Waals surface area contributed by atoms with Crippen LogP contribution < -0.4 is 0 Å². The molecule has 37 heavy (non-hydrogen) atoms. The second-order valence-electron chi connectivity index (χ2n) is 11.7. The Morgan fingerprint density at radius 2 is 1.43 bits per heavy atom. The van der Waals surface area contributed by atoms with Crippen molar-refractivity contribution in [3.05, 3.63) is 107 Å². The van der Waals surface area contributed by atoms with Crippen LogP contribution >= 0.6 is 0 Å². The zero-order valence-corrected chi connectivity index (χ0v) is 22.6. The van der Waals surface area contributed by atoms with Crippen molar-refractivity contribution in [2.24, 2.45) is 0 Å². The lowest BCUT2D eigenvalue weighted by atomic mass is 9.85. The third-order valence-corrected chi connectivity index (χ3v) is 6.53. The summed E-state index contributed by atoms with van der Waals surface area (Å²) < 4.78 is 12.0. The average Bonchev–Trinajstić information content (AvgIpc) is 2.84. The molecule has 1 aliphatic rings. The number of carbonyl (C=O) groups excluding carboxylic acids is 2. The van der Waals surface area contributed by atoms with Crippen LogP contribution in [0, 0.1) is 0 Å². The number of rotatable bonds is 4. The summed E-state index contributed by atoms with van der Waals surface area (Å²) in [4.78, 5) is 29.1. The zero-order valence-electron chi connectivity index (χ0n) is 22.6. The van der Waals surface area contributed by atoms with Crippen molar-refractivity contribution in [1.82, 2.24) is 4.90 Å². The Labute approximate surface area is 220 Å². The van der Waals surface area contributed by atoms with Crippen molar-refractivity contribution in [1.29, 1.82) is 0 Å². The van der Waals surface area contributed by atoms with E-state index in [0.717, 1.165) is 16.7 Å². The minimum Gasteiger partial charge on any atom is -0.453 e. The Kier molecular flexibility index (Phi) is 7.44. The molecule has 0 aliphatic carbocycles. The molecule has 5 heteroatoms. The summed E-state index contributed by atoms with van der Waals surface area (Å²) in [6.07, 6.45) is -0.871. The van der Waals surface area contributed by atoms with Crippen molar-refractivity contribution >= 4 is 12.1 Å². The van der Waals surface area contributed by atoms with Crippen LogP contribution in [0.15, 0.2) is 84.9 Å². The van der Waals surface area contributed by atoms with E-state index in [1.165, 1.54) is 5.56 Å². The van der Waals surface area contributed by atoms with Gasteiger partial charge in [0.15, 0.2) is 6.10 Å². The van der Waals surface area contributed by atoms with Gasteiger partial charge in [-0.15, -0.1) is 0 Å². The van der Waals surface area contributed by atoms with Crippen LogP contribution in [-0.4, -0.2) is 28.6 Å². The van der Waals surface area contributed by atoms with Crippen molar-refractivity contribution in [3.8, 4) is 0 Å². The number of benzene rings is 3. The summed E-state index contributed by atoms with van der Waals surface area (Å²) in [7, 11) is 0. The first-order chi connectivity index (χ1) is 17.4. The number of cyclic esters (lactones) is 1. The second kappa shape index (κ2) is 10.4. The van der Waals surface area contributed by atoms with Crippen LogP contribution in [0.1, 0.15) is 75.9 Å². The van der Waals surface area contributed by atoms with Crippen molar-refractivity contribution in [3.63, 3.8) is 0 Å². The maximum Gasteiger partial charge on any atom is 0.411 e. The lowest BCUT2D eigenvalue weighted by Crippen LogP contribution is -2.56. The van der Waals surface area contributed by atoms with Crippen molar-refractivity contribution in [2.45, 2.75) is 77.2 Å². The highest BCUT2D eigenvalue weighted by Gasteiger charge is 2.49. The molecule has 3 aromatic rings. The number of hydrogen-bond acceptors (Lipinski definition) is 4. The Bertz CT molecular complexity index is 1220. The molecule has 0 radical (unpaired) electrons. The highest BCUT2D eigenvalue weighted by atomic mass is 16.6. The number of morpholine rings is 1. The van der Waals surface area contributed by atoms with Gasteiger partial charge in [-0.25, -0.2) is 9.59 Å². The summed E-state index contributed by atoms with van der Waals surface area (Å²) in [5, 5.41) is 0. The quantitative estimate of drug-likeness (QED) is 0.357. The molecule has 5 nitrogen and oxygen atoms in total. The molecule has 1 aliphatic heterocycles. The Balaban J connectivity index is 1.82. The highest BCUT2D eigenvalue weighted by Crippen LogP contribution is 2.43. The van der Waals surface area contributed by atoms with E-state index in [1.807, 2.05) is 93.6 Å². The number of esters is 1. The highest BCUT2D eigenvalue weighted by molar-refractivity contribution is 5.84. The molecule has 1 fully saturated rings. The molecular formula is C32H37NO4. The smallest absolute Gasteiger partial charge is 0.411 e. The number of carbonyl (C=O) groups is 2. The van der Waals surface area contributed by atoms with E-state index in [1.54, 1.807) is 4.90 Å². The predicted molar refractivity (Wildman–Crippen MR) is 145 cm³/mol. The monoisotopic (exact) mass is 499 g/mol. The minimum atomic E-state index is -0.838. The van der Waals surface area contributed by atoms with E-state index in [-0.39, 0.29) is 5.41 Å². The molecule has 0 saturated carbocycles. The van der Waals surface area contributed by atoms with E-state index in [2.05, 4.69) is 32.9 Å². The third-order valence-electron chi connectivity index (χ3n) is 6.53. The van der Waals surface area contributed by atoms with Gasteiger partial charge >= 0.3 is 12.1 Å². The second-order valence-corrected chi connectivity index (χ2v) is 11.7. The largest absolute Gasteiger partial charge is 0.453 e. The first-order valence-corrected chi connectivity index (χ1v) is 12.9. The van der Waals surface area contributed by atoms with Gasteiger partial charge in [-0.3, -0.25) is 4.90 Å². The fourth-order valence-corrected chi connectivity index (χ4v) is 4.73. The number of ether oxygens (including phenoxy) is 2. The minimum absolute atomic E-state index is 0.0427. The molecular weight excluding hydrogens is 462 g/mol. The van der Waals surface area contributed by atoms with Crippen LogP contribution in [-0.2, 0) is 26.1 Å². The van der Waals surface area contributed by atoms with Gasteiger partial charge in [0, 0.05) is 6.42 Å². The number of nitrogens with zero attached hydrogens (tertiary/aromatic N) is 1. The lowest BCUT2D eigenvalue weighted by molar-refractivity contribution is -0.174. The molecule has 0 spiro atoms. The summed E-state index contributed by atoms with van der Waals surface area (Å²) in [6, 6.07) is 26.1. The van der Waals surface area contributed by atoms with Gasteiger partial charge < -0.3 is 9.47 Å². The van der Waals surface area contributed by atoms with Crippen LogP contribution in [0.25, 0.3) is 0 Å². The van der Waals surface area contributed by atoms with Crippen LogP contribution in [0.5, 0.6) is 0 Å². The van der Waals surface area contributed by atoms with E-state index < -0.39 is 35.9 Å². The molecule has 4 rings (SSSR count). The molecule has 3 aromatic carbocycles. The molecule has 1 saturated heterocycles. The molecule has 3 unspecified atom stereocenters. The Morgan fingerprint density at radius 3 is 2.00 bits per heavy atom. The topological polar surface area (TPSA) is 55.8 Å². The lowest BCUT2D eigenvalue weighted by Gasteiger charge is -2.45. The summed E-state index contributed by atoms with van der Waals surface area (Å²) in [6.45, 7) is 12.0. The van der Waals surface area contributed by atoms with Gasteiger partial charge in [0.2, 0.25) is 0 Å². The first-order valence-electron chi connectivity index (χ1n) is 12.9. The fraction of sp³-hybridized carbons (Fsp3) is 0.375. The van der Waals surface area contributed by atoms with Crippen LogP contribution in [0.3, 0.4) is 0 Å². The van der Waals surface area contributed by atoms with Gasteiger partial charge in [-0.2, -0.15) is 0 Å². The van der Waals surface area contributed by atoms with Gasteiger partial charge in [0.1, 0.15) is 17.7 Å². The van der Waals surface area contributed by atoms with E-state index in [0.29, 0.717) is 6.42 Å². The van der Waals surface area contributed by atoms with Crippen molar-refractivity contribution in [2.75, 3.05) is 0 Å². The molecule has 1 amide bonds. The maximum absolute atomic E-state index is 13.8. The molecule has 0 bridgehead atoms. The molecule has 3 atom stereocenters. The molecule has 0 N–H and O–H groups in total. The Hall–Kier alpha value is -3.60. The summed E-state index contributed by atoms with van der Waals surface area (Å²) >= 11 is 0. The molecule has 1 heterocycles. The maximum atomic E-state index is 13.8. The van der Waals surface area contributed by atoms with Crippen LogP contribution in [0.4, 0.5) is 4.79 Å². The van der Waals surface area contributed by atoms with E-state index in [9.17, 15) is 9.59 Å². The first kappa shape index (κ1) is 26.5.